The lowest BCUT2D eigenvalue weighted by molar-refractivity contribution is 0.0824. The van der Waals surface area contributed by atoms with Crippen molar-refractivity contribution in [1.29, 1.82) is 0 Å². The first-order valence-corrected chi connectivity index (χ1v) is 12.8. The molecule has 3 aliphatic carbocycles. The van der Waals surface area contributed by atoms with Crippen molar-refractivity contribution in [1.82, 2.24) is 5.32 Å². The van der Waals surface area contributed by atoms with Crippen molar-refractivity contribution in [2.45, 2.75) is 96.2 Å². The number of hydrogen-bond acceptors (Lipinski definition) is 2. The van der Waals surface area contributed by atoms with E-state index >= 15 is 0 Å². The molecule has 166 valence electrons. The van der Waals surface area contributed by atoms with Gasteiger partial charge in [0.1, 0.15) is 5.75 Å². The molecule has 3 aliphatic rings. The Hall–Kier alpha value is -1.80. The molecule has 0 aliphatic heterocycles. The van der Waals surface area contributed by atoms with Crippen molar-refractivity contribution in [3.05, 3.63) is 54.1 Å². The molecule has 1 spiro atoms. The minimum atomic E-state index is 0.407. The molecule has 31 heavy (non-hydrogen) atoms. The van der Waals surface area contributed by atoms with E-state index in [1.54, 1.807) is 0 Å². The van der Waals surface area contributed by atoms with Crippen molar-refractivity contribution in [3.63, 3.8) is 0 Å². The average molecular weight is 418 g/mol. The van der Waals surface area contributed by atoms with Gasteiger partial charge in [0.25, 0.3) is 0 Å². The highest BCUT2D eigenvalue weighted by molar-refractivity contribution is 5.64. The smallest absolute Gasteiger partial charge is 0.119 e. The molecule has 0 bridgehead atoms. The van der Waals surface area contributed by atoms with Crippen LogP contribution >= 0.6 is 0 Å². The van der Waals surface area contributed by atoms with E-state index < -0.39 is 0 Å². The van der Waals surface area contributed by atoms with Crippen molar-refractivity contribution < 1.29 is 4.74 Å². The van der Waals surface area contributed by atoms with E-state index in [-0.39, 0.29) is 0 Å². The normalized spacial score (nSPS) is 25.8. The van der Waals surface area contributed by atoms with Crippen molar-refractivity contribution in [2.75, 3.05) is 0 Å². The Morgan fingerprint density at radius 1 is 0.871 bits per heavy atom. The summed E-state index contributed by atoms with van der Waals surface area (Å²) < 4.78 is 6.37. The Balaban J connectivity index is 1.15. The molecule has 2 atom stereocenters. The molecule has 0 amide bonds. The van der Waals surface area contributed by atoms with Crippen LogP contribution in [0.15, 0.2) is 48.5 Å². The van der Waals surface area contributed by atoms with E-state index in [2.05, 4.69) is 60.8 Å². The second-order valence-corrected chi connectivity index (χ2v) is 10.7. The summed E-state index contributed by atoms with van der Waals surface area (Å²) in [6.45, 7) is 3.34. The van der Waals surface area contributed by atoms with Crippen LogP contribution in [0.3, 0.4) is 0 Å². The van der Waals surface area contributed by atoms with Gasteiger partial charge in [0, 0.05) is 12.6 Å². The molecule has 2 heteroatoms. The van der Waals surface area contributed by atoms with E-state index in [0.29, 0.717) is 17.6 Å². The molecule has 2 unspecified atom stereocenters. The SMILES string of the molecule is CC1CCC(NCc2cccc(-c3ccc(OC4CCC5(CCCC5)CC4)cc3)c2)C1. The van der Waals surface area contributed by atoms with Crippen LogP contribution in [0.4, 0.5) is 0 Å². The lowest BCUT2D eigenvalue weighted by atomic mass is 9.72. The molecule has 0 saturated heterocycles. The van der Waals surface area contributed by atoms with Crippen LogP contribution in [0.25, 0.3) is 11.1 Å². The highest BCUT2D eigenvalue weighted by Gasteiger charge is 2.38. The van der Waals surface area contributed by atoms with Gasteiger partial charge in [-0.15, -0.1) is 0 Å². The van der Waals surface area contributed by atoms with E-state index in [1.807, 2.05) is 0 Å². The molecule has 3 saturated carbocycles. The molecule has 0 radical (unpaired) electrons. The fourth-order valence-electron chi connectivity index (χ4n) is 6.38. The predicted octanol–water partition coefficient (Wildman–Crippen LogP) is 7.51. The van der Waals surface area contributed by atoms with Gasteiger partial charge in [-0.05, 0) is 104 Å². The third kappa shape index (κ3) is 5.17. The zero-order valence-corrected chi connectivity index (χ0v) is 19.2. The monoisotopic (exact) mass is 417 g/mol. The summed E-state index contributed by atoms with van der Waals surface area (Å²) in [5, 5.41) is 3.76. The number of ether oxygens (including phenoxy) is 1. The molecule has 2 nitrogen and oxygen atoms in total. The van der Waals surface area contributed by atoms with Gasteiger partial charge in [-0.2, -0.15) is 0 Å². The lowest BCUT2D eigenvalue weighted by Crippen LogP contribution is -2.30. The van der Waals surface area contributed by atoms with E-state index in [4.69, 9.17) is 4.74 Å². The number of nitrogens with one attached hydrogen (secondary N) is 1. The fraction of sp³-hybridized carbons (Fsp3) is 0.586. The molecule has 5 rings (SSSR count). The zero-order valence-electron chi connectivity index (χ0n) is 19.2. The summed E-state index contributed by atoms with van der Waals surface area (Å²) in [6, 6.07) is 18.5. The lowest BCUT2D eigenvalue weighted by Gasteiger charge is -2.37. The molecule has 1 N–H and O–H groups in total. The third-order valence-electron chi connectivity index (χ3n) is 8.36. The Bertz CT molecular complexity index is 841. The third-order valence-corrected chi connectivity index (χ3v) is 8.36. The van der Waals surface area contributed by atoms with Gasteiger partial charge < -0.3 is 10.1 Å². The van der Waals surface area contributed by atoms with Crippen LogP contribution in [-0.2, 0) is 6.54 Å². The molecule has 2 aromatic rings. The van der Waals surface area contributed by atoms with Crippen molar-refractivity contribution in [2.24, 2.45) is 11.3 Å². The quantitative estimate of drug-likeness (QED) is 0.525. The zero-order chi connectivity index (χ0) is 21.1. The highest BCUT2D eigenvalue weighted by Crippen LogP contribution is 2.49. The molecular formula is C29H39NO. The Kier molecular flexibility index (Phi) is 6.36. The first-order chi connectivity index (χ1) is 15.2. The van der Waals surface area contributed by atoms with Crippen LogP contribution in [0.1, 0.15) is 83.1 Å². The topological polar surface area (TPSA) is 21.3 Å². The summed E-state index contributed by atoms with van der Waals surface area (Å²) in [5.74, 6) is 1.91. The first-order valence-electron chi connectivity index (χ1n) is 12.8. The second-order valence-electron chi connectivity index (χ2n) is 10.7. The summed E-state index contributed by atoms with van der Waals surface area (Å²) in [5.41, 5.74) is 4.63. The number of benzene rings is 2. The summed E-state index contributed by atoms with van der Waals surface area (Å²) in [7, 11) is 0. The van der Waals surface area contributed by atoms with Crippen LogP contribution in [0.2, 0.25) is 0 Å². The van der Waals surface area contributed by atoms with Crippen LogP contribution in [0.5, 0.6) is 5.75 Å². The first kappa shape index (κ1) is 21.1. The van der Waals surface area contributed by atoms with Gasteiger partial charge in [-0.3, -0.25) is 0 Å². The Morgan fingerprint density at radius 3 is 2.35 bits per heavy atom. The highest BCUT2D eigenvalue weighted by atomic mass is 16.5. The molecule has 0 aromatic heterocycles. The number of rotatable bonds is 6. The van der Waals surface area contributed by atoms with E-state index in [1.165, 1.54) is 87.3 Å². The van der Waals surface area contributed by atoms with E-state index in [0.717, 1.165) is 18.2 Å². The molecule has 0 heterocycles. The van der Waals surface area contributed by atoms with Crippen LogP contribution in [-0.4, -0.2) is 12.1 Å². The summed E-state index contributed by atoms with van der Waals surface area (Å²) >= 11 is 0. The maximum Gasteiger partial charge on any atom is 0.119 e. The minimum Gasteiger partial charge on any atom is -0.490 e. The number of hydrogen-bond donors (Lipinski definition) is 1. The maximum atomic E-state index is 6.37. The van der Waals surface area contributed by atoms with Crippen LogP contribution < -0.4 is 10.1 Å². The molecule has 3 fully saturated rings. The largest absolute Gasteiger partial charge is 0.490 e. The predicted molar refractivity (Wildman–Crippen MR) is 129 cm³/mol. The van der Waals surface area contributed by atoms with Gasteiger partial charge >= 0.3 is 0 Å². The second kappa shape index (κ2) is 9.36. The van der Waals surface area contributed by atoms with Gasteiger partial charge in [-0.25, -0.2) is 0 Å². The van der Waals surface area contributed by atoms with Gasteiger partial charge in [-0.1, -0.05) is 50.1 Å². The standard InChI is InChI=1S/C29H39NO/c1-22-7-10-26(19-22)30-21-23-5-4-6-25(20-23)24-8-11-27(12-9-24)31-28-13-17-29(18-14-28)15-2-3-16-29/h4-6,8-9,11-12,20,22,26,28,30H,2-3,7,10,13-19,21H2,1H3. The summed E-state index contributed by atoms with van der Waals surface area (Å²) in [6.07, 6.45) is 15.4. The average Bonchev–Trinajstić information content (AvgIpc) is 3.44. The Labute approximate surface area is 188 Å². The van der Waals surface area contributed by atoms with E-state index in [9.17, 15) is 0 Å². The minimum absolute atomic E-state index is 0.407. The summed E-state index contributed by atoms with van der Waals surface area (Å²) in [4.78, 5) is 0. The van der Waals surface area contributed by atoms with Gasteiger partial charge in [0.15, 0.2) is 0 Å². The van der Waals surface area contributed by atoms with Crippen molar-refractivity contribution >= 4 is 0 Å². The molecular weight excluding hydrogens is 378 g/mol. The van der Waals surface area contributed by atoms with Gasteiger partial charge in [0.2, 0.25) is 0 Å². The van der Waals surface area contributed by atoms with Gasteiger partial charge in [0.05, 0.1) is 6.10 Å². The molecule has 2 aromatic carbocycles. The fourth-order valence-corrected chi connectivity index (χ4v) is 6.38. The van der Waals surface area contributed by atoms with Crippen LogP contribution in [0, 0.1) is 11.3 Å². The maximum absolute atomic E-state index is 6.37. The van der Waals surface area contributed by atoms with Crippen molar-refractivity contribution in [3.8, 4) is 16.9 Å². The Morgan fingerprint density at radius 2 is 1.65 bits per heavy atom.